The van der Waals surface area contributed by atoms with Crippen molar-refractivity contribution in [3.05, 3.63) is 78.6 Å². The molecule has 1 atom stereocenters. The van der Waals surface area contributed by atoms with E-state index in [-0.39, 0.29) is 17.5 Å². The number of ketones is 1. The van der Waals surface area contributed by atoms with Crippen LogP contribution in [0.2, 0.25) is 0 Å². The fourth-order valence-corrected chi connectivity index (χ4v) is 3.58. The first kappa shape index (κ1) is 40.4. The van der Waals surface area contributed by atoms with E-state index in [4.69, 9.17) is 14.9 Å². The van der Waals surface area contributed by atoms with Gasteiger partial charge >= 0.3 is 0 Å². The van der Waals surface area contributed by atoms with Crippen molar-refractivity contribution in [1.29, 1.82) is 0 Å². The quantitative estimate of drug-likeness (QED) is 0.192. The highest BCUT2D eigenvalue weighted by Gasteiger charge is 2.15. The molecule has 0 aliphatic carbocycles. The molecular weight excluding hydrogens is 525 g/mol. The lowest BCUT2D eigenvalue weighted by Gasteiger charge is -2.30. The first-order valence-corrected chi connectivity index (χ1v) is 14.2. The molecule has 0 fully saturated rings. The van der Waals surface area contributed by atoms with Gasteiger partial charge in [0.2, 0.25) is 0 Å². The number of ether oxygens (including phenoxy) is 1. The van der Waals surface area contributed by atoms with E-state index in [1.165, 1.54) is 6.92 Å². The lowest BCUT2D eigenvalue weighted by molar-refractivity contribution is -0.111. The SMILES string of the molecule is C=CC(C/C=C(\C)F)CNC/C1=C/NN(Cc2ccccn2)CN(CCCOCC)C/C=C/C1=O.CC.CO.CO. The van der Waals surface area contributed by atoms with Gasteiger partial charge in [-0.15, -0.1) is 6.58 Å². The molecule has 2 heterocycles. The summed E-state index contributed by atoms with van der Waals surface area (Å²) in [7, 11) is 2.00. The molecule has 0 radical (unpaired) electrons. The second-order valence-corrected chi connectivity index (χ2v) is 8.51. The van der Waals surface area contributed by atoms with E-state index in [2.05, 4.69) is 32.2 Å². The molecule has 4 N–H and O–H groups in total. The third-order valence-electron chi connectivity index (χ3n) is 5.54. The number of allylic oxidation sites excluding steroid dienone is 3. The molecule has 0 amide bonds. The third kappa shape index (κ3) is 20.7. The van der Waals surface area contributed by atoms with Crippen molar-refractivity contribution in [2.75, 3.05) is 60.3 Å². The fourth-order valence-electron chi connectivity index (χ4n) is 3.58. The number of nitrogens with zero attached hydrogens (tertiary/aromatic N) is 3. The zero-order chi connectivity index (χ0) is 31.3. The molecule has 1 aromatic heterocycles. The highest BCUT2D eigenvalue weighted by molar-refractivity contribution is 6.04. The molecular formula is C31H54FN5O4. The zero-order valence-corrected chi connectivity index (χ0v) is 26.0. The monoisotopic (exact) mass is 579 g/mol. The van der Waals surface area contributed by atoms with E-state index in [9.17, 15) is 9.18 Å². The number of rotatable bonds is 14. The van der Waals surface area contributed by atoms with Gasteiger partial charge in [0.25, 0.3) is 0 Å². The van der Waals surface area contributed by atoms with E-state index in [0.717, 1.165) is 32.9 Å². The standard InChI is InChI=1S/C27H40FN5O2.C2H6.2CH4O/c1-4-24(13-12-23(3)28)18-29-19-25-20-31-33(21-26-10-6-7-14-30-26)22-32(15-8-11-27(25)34)16-9-17-35-5-2;3*1-2/h4,6-8,10-12,14,20,24,29,31H,1,5,9,13,15-19,21-22H2,2-3H3;1-2H3;2*2H,1H3/b11-8+,23-12+,25-20-;;;. The van der Waals surface area contributed by atoms with Crippen molar-refractivity contribution in [2.45, 2.75) is 47.1 Å². The Morgan fingerprint density at radius 1 is 1.29 bits per heavy atom. The van der Waals surface area contributed by atoms with Crippen LogP contribution in [-0.2, 0) is 16.1 Å². The van der Waals surface area contributed by atoms with Crippen LogP contribution in [0.25, 0.3) is 0 Å². The molecule has 0 spiro atoms. The van der Waals surface area contributed by atoms with E-state index in [0.29, 0.717) is 58.1 Å². The molecule has 0 bridgehead atoms. The Balaban J connectivity index is 0. The summed E-state index contributed by atoms with van der Waals surface area (Å²) in [6, 6.07) is 5.85. The molecule has 0 saturated carbocycles. The van der Waals surface area contributed by atoms with Crippen LogP contribution < -0.4 is 10.7 Å². The van der Waals surface area contributed by atoms with Crippen molar-refractivity contribution in [3.63, 3.8) is 0 Å². The van der Waals surface area contributed by atoms with Gasteiger partial charge < -0.3 is 25.7 Å². The Morgan fingerprint density at radius 3 is 2.63 bits per heavy atom. The Hall–Kier alpha value is -2.73. The Labute approximate surface area is 247 Å². The van der Waals surface area contributed by atoms with Crippen LogP contribution in [-0.4, -0.2) is 91.2 Å². The summed E-state index contributed by atoms with van der Waals surface area (Å²) in [6.45, 7) is 16.5. The maximum atomic E-state index is 13.1. The predicted octanol–water partition coefficient (Wildman–Crippen LogP) is 4.00. The number of aliphatic hydroxyl groups is 2. The number of nitrogens with one attached hydrogen (secondary N) is 2. The van der Waals surface area contributed by atoms with Gasteiger partial charge in [-0.2, -0.15) is 0 Å². The third-order valence-corrected chi connectivity index (χ3v) is 5.54. The number of pyridine rings is 1. The summed E-state index contributed by atoms with van der Waals surface area (Å²) in [6.07, 6.45) is 12.0. The van der Waals surface area contributed by atoms with E-state index >= 15 is 0 Å². The summed E-state index contributed by atoms with van der Waals surface area (Å²) in [5.41, 5.74) is 4.89. The van der Waals surface area contributed by atoms with Gasteiger partial charge in [-0.25, -0.2) is 9.40 Å². The number of aliphatic hydroxyl groups excluding tert-OH is 2. The Kier molecular flexibility index (Phi) is 28.4. The molecule has 1 unspecified atom stereocenters. The minimum Gasteiger partial charge on any atom is -0.400 e. The lowest BCUT2D eigenvalue weighted by Crippen LogP contribution is -2.45. The van der Waals surface area contributed by atoms with Crippen LogP contribution in [0.15, 0.2) is 72.9 Å². The Morgan fingerprint density at radius 2 is 2.02 bits per heavy atom. The summed E-state index contributed by atoms with van der Waals surface area (Å²) in [5.74, 6) is -0.157. The molecule has 41 heavy (non-hydrogen) atoms. The number of hydrogen-bond donors (Lipinski definition) is 4. The number of aromatic nitrogens is 1. The van der Waals surface area contributed by atoms with Crippen LogP contribution in [0.5, 0.6) is 0 Å². The normalized spacial score (nSPS) is 17.0. The minimum absolute atomic E-state index is 0.0476. The van der Waals surface area contributed by atoms with Crippen molar-refractivity contribution in [3.8, 4) is 0 Å². The molecule has 1 aromatic rings. The highest BCUT2D eigenvalue weighted by Crippen LogP contribution is 2.09. The maximum Gasteiger partial charge on any atom is 0.184 e. The number of carbonyl (C=O) groups is 1. The molecule has 234 valence electrons. The van der Waals surface area contributed by atoms with E-state index in [1.807, 2.05) is 51.1 Å². The van der Waals surface area contributed by atoms with Crippen LogP contribution in [0, 0.1) is 5.92 Å². The van der Waals surface area contributed by atoms with Gasteiger partial charge in [0.15, 0.2) is 5.78 Å². The van der Waals surface area contributed by atoms with Crippen LogP contribution in [0.1, 0.15) is 46.2 Å². The second kappa shape index (κ2) is 28.8. The summed E-state index contributed by atoms with van der Waals surface area (Å²) < 4.78 is 18.5. The van der Waals surface area contributed by atoms with Crippen LogP contribution in [0.4, 0.5) is 4.39 Å². The van der Waals surface area contributed by atoms with Crippen molar-refractivity contribution >= 4 is 5.78 Å². The summed E-state index contributed by atoms with van der Waals surface area (Å²) in [4.78, 5) is 19.6. The molecule has 1 aliphatic rings. The zero-order valence-electron chi connectivity index (χ0n) is 26.0. The Bertz CT molecular complexity index is 861. The average Bonchev–Trinajstić information content (AvgIpc) is 3.01. The molecule has 2 rings (SSSR count). The summed E-state index contributed by atoms with van der Waals surface area (Å²) in [5, 5.41) is 19.4. The topological polar surface area (TPSA) is 110 Å². The molecule has 0 saturated heterocycles. The number of hydrazine groups is 1. The molecule has 0 aromatic carbocycles. The van der Waals surface area contributed by atoms with Gasteiger partial charge in [-0.05, 0) is 50.8 Å². The maximum absolute atomic E-state index is 13.1. The number of hydrogen-bond acceptors (Lipinski definition) is 9. The fraction of sp³-hybridized carbons (Fsp3) is 0.548. The lowest BCUT2D eigenvalue weighted by atomic mass is 10.0. The molecule has 9 nitrogen and oxygen atoms in total. The van der Waals surface area contributed by atoms with Gasteiger partial charge in [-0.1, -0.05) is 38.1 Å². The second-order valence-electron chi connectivity index (χ2n) is 8.51. The molecule has 10 heteroatoms. The van der Waals surface area contributed by atoms with E-state index in [1.54, 1.807) is 24.5 Å². The highest BCUT2D eigenvalue weighted by atomic mass is 19.1. The van der Waals surface area contributed by atoms with Crippen molar-refractivity contribution in [2.24, 2.45) is 5.92 Å². The number of carbonyl (C=O) groups excluding carboxylic acids is 1. The molecule has 1 aliphatic heterocycles. The van der Waals surface area contributed by atoms with Gasteiger partial charge in [-0.3, -0.25) is 14.7 Å². The number of halogens is 1. The van der Waals surface area contributed by atoms with Gasteiger partial charge in [0.05, 0.1) is 24.7 Å². The smallest absolute Gasteiger partial charge is 0.184 e. The van der Waals surface area contributed by atoms with Crippen LogP contribution in [0.3, 0.4) is 0 Å². The first-order valence-electron chi connectivity index (χ1n) is 14.2. The largest absolute Gasteiger partial charge is 0.400 e. The summed E-state index contributed by atoms with van der Waals surface area (Å²) >= 11 is 0. The van der Waals surface area contributed by atoms with E-state index < -0.39 is 0 Å². The van der Waals surface area contributed by atoms with Gasteiger partial charge in [0.1, 0.15) is 0 Å². The van der Waals surface area contributed by atoms with Crippen molar-refractivity contribution < 1.29 is 24.1 Å². The van der Waals surface area contributed by atoms with Crippen molar-refractivity contribution in [1.82, 2.24) is 25.6 Å². The average molecular weight is 580 g/mol. The first-order chi connectivity index (χ1) is 20.0. The minimum atomic E-state index is -0.198. The van der Waals surface area contributed by atoms with Gasteiger partial charge in [0, 0.05) is 71.6 Å². The van der Waals surface area contributed by atoms with Crippen LogP contribution >= 0.6 is 0 Å². The predicted molar refractivity (Wildman–Crippen MR) is 166 cm³/mol.